The number of rotatable bonds is 11. The molecule has 1 aromatic heterocycles. The molecule has 1 aliphatic heterocycles. The number of benzene rings is 2. The lowest BCUT2D eigenvalue weighted by atomic mass is 9.93. The van der Waals surface area contributed by atoms with Crippen LogP contribution in [0.15, 0.2) is 72.1 Å². The Labute approximate surface area is 218 Å². The molecule has 2 atom stereocenters. The molecule has 0 spiro atoms. The fourth-order valence-electron chi connectivity index (χ4n) is 5.06. The van der Waals surface area contributed by atoms with Gasteiger partial charge in [-0.05, 0) is 54.3 Å². The van der Waals surface area contributed by atoms with Gasteiger partial charge in [0, 0.05) is 31.2 Å². The van der Waals surface area contributed by atoms with E-state index in [-0.39, 0.29) is 30.3 Å². The Kier molecular flexibility index (Phi) is 9.31. The molecule has 36 heavy (non-hydrogen) atoms. The van der Waals surface area contributed by atoms with Crippen molar-refractivity contribution < 1.29 is 14.3 Å². The Bertz CT molecular complexity index is 1120. The highest BCUT2D eigenvalue weighted by Gasteiger charge is 2.34. The minimum absolute atomic E-state index is 0.00613. The van der Waals surface area contributed by atoms with Gasteiger partial charge in [-0.25, -0.2) is 0 Å². The van der Waals surface area contributed by atoms with E-state index in [2.05, 4.69) is 23.6 Å². The van der Waals surface area contributed by atoms with Crippen LogP contribution >= 0.6 is 11.3 Å². The number of thiophene rings is 1. The summed E-state index contributed by atoms with van der Waals surface area (Å²) in [4.78, 5) is 32.7. The fourth-order valence-corrected chi connectivity index (χ4v) is 5.97. The van der Waals surface area contributed by atoms with Gasteiger partial charge >= 0.3 is 0 Å². The van der Waals surface area contributed by atoms with Gasteiger partial charge in [0.05, 0.1) is 18.5 Å². The zero-order chi connectivity index (χ0) is 25.3. The standard InChI is InChI=1S/C30H36N2O3S/c1-3-25(23-12-7-5-8-13-23)30(34)31(18-11-20-35-4-2)22-28(33)32-19-16-27-26(17-21-36-27)29(32)24-14-9-6-10-15-24/h5-10,12-15,17,21,25,29H,3-4,11,16,18-20,22H2,1-2H3. The topological polar surface area (TPSA) is 49.9 Å². The molecule has 0 saturated heterocycles. The molecule has 1 aliphatic rings. The highest BCUT2D eigenvalue weighted by Crippen LogP contribution is 2.38. The number of fused-ring (bicyclic) bond motifs is 1. The van der Waals surface area contributed by atoms with E-state index in [1.54, 1.807) is 16.2 Å². The van der Waals surface area contributed by atoms with E-state index in [9.17, 15) is 9.59 Å². The lowest BCUT2D eigenvalue weighted by Gasteiger charge is -2.38. The van der Waals surface area contributed by atoms with Gasteiger partial charge in [0.25, 0.3) is 0 Å². The molecule has 0 N–H and O–H groups in total. The second-order valence-electron chi connectivity index (χ2n) is 9.13. The molecule has 2 aromatic carbocycles. The minimum atomic E-state index is -0.263. The smallest absolute Gasteiger partial charge is 0.242 e. The van der Waals surface area contributed by atoms with Gasteiger partial charge in [-0.15, -0.1) is 11.3 Å². The van der Waals surface area contributed by atoms with Crippen LogP contribution < -0.4 is 0 Å². The molecule has 2 amide bonds. The third-order valence-corrected chi connectivity index (χ3v) is 7.86. The van der Waals surface area contributed by atoms with Crippen LogP contribution in [0.2, 0.25) is 0 Å². The highest BCUT2D eigenvalue weighted by atomic mass is 32.1. The van der Waals surface area contributed by atoms with Gasteiger partial charge in [0.15, 0.2) is 0 Å². The van der Waals surface area contributed by atoms with Gasteiger partial charge in [0.2, 0.25) is 11.8 Å². The lowest BCUT2D eigenvalue weighted by Crippen LogP contribution is -2.48. The van der Waals surface area contributed by atoms with Crippen LogP contribution in [0, 0.1) is 0 Å². The molecule has 5 nitrogen and oxygen atoms in total. The Morgan fingerprint density at radius 2 is 1.78 bits per heavy atom. The van der Waals surface area contributed by atoms with Crippen molar-refractivity contribution in [3.8, 4) is 0 Å². The number of hydrogen-bond donors (Lipinski definition) is 0. The number of nitrogens with zero attached hydrogens (tertiary/aromatic N) is 2. The molecular formula is C30H36N2O3S. The summed E-state index contributed by atoms with van der Waals surface area (Å²) in [5.41, 5.74) is 3.31. The first kappa shape index (κ1) is 26.1. The zero-order valence-electron chi connectivity index (χ0n) is 21.3. The first-order chi connectivity index (χ1) is 17.6. The van der Waals surface area contributed by atoms with Crippen LogP contribution in [0.5, 0.6) is 0 Å². The summed E-state index contributed by atoms with van der Waals surface area (Å²) >= 11 is 1.76. The average molecular weight is 505 g/mol. The van der Waals surface area contributed by atoms with Gasteiger partial charge in [-0.2, -0.15) is 0 Å². The summed E-state index contributed by atoms with van der Waals surface area (Å²) < 4.78 is 5.53. The fraction of sp³-hybridized carbons (Fsp3) is 0.400. The number of carbonyl (C=O) groups excluding carboxylic acids is 2. The SMILES string of the molecule is CCOCCCN(CC(=O)N1CCc2sccc2C1c1ccccc1)C(=O)C(CC)c1ccccc1. The molecule has 0 aliphatic carbocycles. The lowest BCUT2D eigenvalue weighted by molar-refractivity contribution is -0.142. The Morgan fingerprint density at radius 1 is 1.06 bits per heavy atom. The zero-order valence-corrected chi connectivity index (χ0v) is 22.1. The molecule has 2 heterocycles. The Balaban J connectivity index is 1.57. The van der Waals surface area contributed by atoms with E-state index in [4.69, 9.17) is 4.74 Å². The maximum Gasteiger partial charge on any atom is 0.242 e. The molecule has 0 saturated carbocycles. The maximum absolute atomic E-state index is 13.9. The van der Waals surface area contributed by atoms with E-state index in [0.717, 1.165) is 17.5 Å². The van der Waals surface area contributed by atoms with Gasteiger partial charge in [-0.1, -0.05) is 67.6 Å². The summed E-state index contributed by atoms with van der Waals surface area (Å²) in [7, 11) is 0. The number of carbonyl (C=O) groups is 2. The van der Waals surface area contributed by atoms with Crippen LogP contribution in [0.4, 0.5) is 0 Å². The highest BCUT2D eigenvalue weighted by molar-refractivity contribution is 7.10. The second kappa shape index (κ2) is 12.8. The van der Waals surface area contributed by atoms with Gasteiger partial charge < -0.3 is 14.5 Å². The molecule has 2 unspecified atom stereocenters. The first-order valence-corrected chi connectivity index (χ1v) is 13.8. The first-order valence-electron chi connectivity index (χ1n) is 13.0. The maximum atomic E-state index is 13.9. The third kappa shape index (κ3) is 6.05. The predicted molar refractivity (Wildman–Crippen MR) is 145 cm³/mol. The summed E-state index contributed by atoms with van der Waals surface area (Å²) in [6.07, 6.45) is 2.24. The summed E-state index contributed by atoms with van der Waals surface area (Å²) in [6.45, 7) is 6.45. The van der Waals surface area contributed by atoms with Crippen molar-refractivity contribution in [2.24, 2.45) is 0 Å². The van der Waals surface area contributed by atoms with Crippen molar-refractivity contribution in [1.82, 2.24) is 9.80 Å². The van der Waals surface area contributed by atoms with Crippen molar-refractivity contribution in [2.45, 2.75) is 45.1 Å². The van der Waals surface area contributed by atoms with Crippen LogP contribution in [0.3, 0.4) is 0 Å². The van der Waals surface area contributed by atoms with E-state index < -0.39 is 0 Å². The Morgan fingerprint density at radius 3 is 2.47 bits per heavy atom. The van der Waals surface area contributed by atoms with Gasteiger partial charge in [-0.3, -0.25) is 9.59 Å². The summed E-state index contributed by atoms with van der Waals surface area (Å²) in [6, 6.07) is 22.1. The number of hydrogen-bond acceptors (Lipinski definition) is 4. The number of ether oxygens (including phenoxy) is 1. The van der Waals surface area contributed by atoms with Crippen LogP contribution in [-0.4, -0.2) is 54.5 Å². The average Bonchev–Trinajstić information content (AvgIpc) is 3.40. The van der Waals surface area contributed by atoms with Crippen molar-refractivity contribution in [3.05, 3.63) is 93.7 Å². The molecule has 6 heteroatoms. The van der Waals surface area contributed by atoms with Crippen molar-refractivity contribution in [2.75, 3.05) is 32.8 Å². The third-order valence-electron chi connectivity index (χ3n) is 6.87. The summed E-state index contributed by atoms with van der Waals surface area (Å²) in [5.74, 6) is -0.257. The van der Waals surface area contributed by atoms with E-state index in [1.165, 1.54) is 10.4 Å². The van der Waals surface area contributed by atoms with E-state index in [0.29, 0.717) is 39.1 Å². The summed E-state index contributed by atoms with van der Waals surface area (Å²) in [5, 5.41) is 2.11. The molecule has 0 radical (unpaired) electrons. The largest absolute Gasteiger partial charge is 0.382 e. The van der Waals surface area contributed by atoms with Crippen LogP contribution in [-0.2, 0) is 20.7 Å². The molecule has 3 aromatic rings. The van der Waals surface area contributed by atoms with Crippen LogP contribution in [0.1, 0.15) is 60.2 Å². The molecule has 190 valence electrons. The molecule has 4 rings (SSSR count). The normalized spacial score (nSPS) is 15.8. The van der Waals surface area contributed by atoms with Crippen molar-refractivity contribution in [1.29, 1.82) is 0 Å². The van der Waals surface area contributed by atoms with Crippen molar-refractivity contribution >= 4 is 23.2 Å². The van der Waals surface area contributed by atoms with Crippen LogP contribution in [0.25, 0.3) is 0 Å². The monoisotopic (exact) mass is 504 g/mol. The molecule has 0 bridgehead atoms. The van der Waals surface area contributed by atoms with E-state index in [1.807, 2.05) is 67.3 Å². The van der Waals surface area contributed by atoms with Gasteiger partial charge in [0.1, 0.15) is 0 Å². The second-order valence-corrected chi connectivity index (χ2v) is 10.1. The van der Waals surface area contributed by atoms with E-state index >= 15 is 0 Å². The molecular weight excluding hydrogens is 468 g/mol. The number of amides is 2. The van der Waals surface area contributed by atoms with Crippen molar-refractivity contribution in [3.63, 3.8) is 0 Å². The quantitative estimate of drug-likeness (QED) is 0.316. The Hall–Kier alpha value is -2.96. The molecule has 0 fully saturated rings. The minimum Gasteiger partial charge on any atom is -0.382 e. The predicted octanol–water partition coefficient (Wildman–Crippen LogP) is 5.67.